The quantitative estimate of drug-likeness (QED) is 0.430. The lowest BCUT2D eigenvalue weighted by molar-refractivity contribution is -0.261. The monoisotopic (exact) mass is 518 g/mol. The Bertz CT molecular complexity index is 923. The third-order valence-corrected chi connectivity index (χ3v) is 13.5. The van der Waals surface area contributed by atoms with Gasteiger partial charge in [0.25, 0.3) is 0 Å². The van der Waals surface area contributed by atoms with Gasteiger partial charge in [-0.05, 0) is 118 Å². The first kappa shape index (κ1) is 27.9. The minimum Gasteiger partial charge on any atom is -0.462 e. The number of carbonyl (C=O) groups excluding carboxylic acids is 1. The van der Waals surface area contributed by atoms with Gasteiger partial charge in [-0.1, -0.05) is 34.6 Å². The van der Waals surface area contributed by atoms with Gasteiger partial charge in [0, 0.05) is 12.8 Å². The average molecular weight is 519 g/mol. The van der Waals surface area contributed by atoms with E-state index < -0.39 is 5.60 Å². The van der Waals surface area contributed by atoms with E-state index in [9.17, 15) is 15.0 Å². The second-order valence-electron chi connectivity index (χ2n) is 16.0. The Morgan fingerprint density at radius 3 is 2.14 bits per heavy atom. The summed E-state index contributed by atoms with van der Waals surface area (Å²) >= 11 is 0. The van der Waals surface area contributed by atoms with Crippen molar-refractivity contribution in [2.75, 3.05) is 0 Å². The van der Waals surface area contributed by atoms with Crippen LogP contribution in [0.25, 0.3) is 0 Å². The molecule has 0 amide bonds. The molecule has 0 aromatic carbocycles. The third-order valence-electron chi connectivity index (χ3n) is 13.5. The van der Waals surface area contributed by atoms with Gasteiger partial charge in [-0.2, -0.15) is 0 Å². The highest BCUT2D eigenvalue weighted by Gasteiger charge is 2.72. The largest absolute Gasteiger partial charge is 0.462 e. The molecule has 4 saturated carbocycles. The molecule has 5 fully saturated rings. The van der Waals surface area contributed by atoms with E-state index in [1.54, 1.807) is 6.92 Å². The lowest BCUT2D eigenvalue weighted by atomic mass is 9.35. The average Bonchev–Trinajstić information content (AvgIpc) is 3.33. The van der Waals surface area contributed by atoms with Crippen LogP contribution >= 0.6 is 0 Å². The number of fused-ring (bicyclic) bond motifs is 5. The van der Waals surface area contributed by atoms with Gasteiger partial charge < -0.3 is 19.7 Å². The zero-order valence-electron chi connectivity index (χ0n) is 25.0. The van der Waals surface area contributed by atoms with Gasteiger partial charge >= 0.3 is 5.97 Å². The van der Waals surface area contributed by atoms with E-state index in [0.717, 1.165) is 51.4 Å². The van der Waals surface area contributed by atoms with Gasteiger partial charge in [0.2, 0.25) is 0 Å². The van der Waals surface area contributed by atoms with Crippen LogP contribution in [0.1, 0.15) is 120 Å². The minimum absolute atomic E-state index is 0.0294. The second kappa shape index (κ2) is 8.43. The maximum Gasteiger partial charge on any atom is 0.302 e. The smallest absolute Gasteiger partial charge is 0.302 e. The molecule has 0 spiro atoms. The lowest BCUT2D eigenvalue weighted by Gasteiger charge is -2.71. The number of carbonyl (C=O) groups is 1. The van der Waals surface area contributed by atoms with Gasteiger partial charge in [-0.15, -0.1) is 0 Å². The number of ether oxygens (including phenoxy) is 2. The molecule has 11 atom stereocenters. The van der Waals surface area contributed by atoms with E-state index in [4.69, 9.17) is 9.47 Å². The van der Waals surface area contributed by atoms with E-state index in [2.05, 4.69) is 41.5 Å². The summed E-state index contributed by atoms with van der Waals surface area (Å²) in [4.78, 5) is 12.5. The predicted octanol–water partition coefficient (Wildman–Crippen LogP) is 6.28. The lowest BCUT2D eigenvalue weighted by Crippen LogP contribution is -2.68. The molecule has 0 aromatic rings. The van der Waals surface area contributed by atoms with Crippen molar-refractivity contribution in [2.24, 2.45) is 45.3 Å². The van der Waals surface area contributed by atoms with Crippen molar-refractivity contribution in [1.29, 1.82) is 0 Å². The third kappa shape index (κ3) is 3.83. The van der Waals surface area contributed by atoms with Crippen LogP contribution in [0.2, 0.25) is 0 Å². The highest BCUT2D eigenvalue weighted by atomic mass is 16.5. The summed E-state index contributed by atoms with van der Waals surface area (Å²) in [5.41, 5.74) is -1.00. The van der Waals surface area contributed by atoms with Gasteiger partial charge in [-0.3, -0.25) is 4.79 Å². The van der Waals surface area contributed by atoms with E-state index in [1.165, 1.54) is 6.42 Å². The number of rotatable bonds is 3. The van der Waals surface area contributed by atoms with E-state index in [-0.39, 0.29) is 57.5 Å². The Morgan fingerprint density at radius 2 is 1.54 bits per heavy atom. The van der Waals surface area contributed by atoms with Crippen molar-refractivity contribution < 1.29 is 24.5 Å². The Hall–Kier alpha value is -0.650. The molecular weight excluding hydrogens is 464 g/mol. The van der Waals surface area contributed by atoms with Crippen LogP contribution in [0.5, 0.6) is 0 Å². The van der Waals surface area contributed by atoms with Crippen molar-refractivity contribution in [1.82, 2.24) is 0 Å². The summed E-state index contributed by atoms with van der Waals surface area (Å²) in [6.45, 7) is 19.7. The van der Waals surface area contributed by atoms with E-state index in [0.29, 0.717) is 17.8 Å². The summed E-state index contributed by atoms with van der Waals surface area (Å²) in [6.07, 6.45) is 8.65. The van der Waals surface area contributed by atoms with E-state index in [1.807, 2.05) is 13.8 Å². The number of hydrogen-bond donors (Lipinski definition) is 2. The molecule has 0 unspecified atom stereocenters. The van der Waals surface area contributed by atoms with Crippen molar-refractivity contribution in [2.45, 2.75) is 150 Å². The highest BCUT2D eigenvalue weighted by Crippen LogP contribution is 2.76. The van der Waals surface area contributed by atoms with Gasteiger partial charge in [-0.25, -0.2) is 0 Å². The maximum atomic E-state index is 12.5. The molecule has 212 valence electrons. The molecule has 5 aliphatic rings. The second-order valence-corrected chi connectivity index (χ2v) is 16.0. The molecule has 2 N–H and O–H groups in total. The fourth-order valence-electron chi connectivity index (χ4n) is 11.4. The molecule has 5 heteroatoms. The molecule has 5 rings (SSSR count). The van der Waals surface area contributed by atoms with Crippen LogP contribution < -0.4 is 0 Å². The molecule has 1 aliphatic heterocycles. The van der Waals surface area contributed by atoms with Crippen LogP contribution in [-0.2, 0) is 14.3 Å². The van der Waals surface area contributed by atoms with Gasteiger partial charge in [0.15, 0.2) is 0 Å². The maximum absolute atomic E-state index is 12.5. The molecule has 4 aliphatic carbocycles. The molecule has 1 heterocycles. The zero-order chi connectivity index (χ0) is 27.4. The van der Waals surface area contributed by atoms with Crippen LogP contribution in [0.3, 0.4) is 0 Å². The molecule has 37 heavy (non-hydrogen) atoms. The first-order valence-electron chi connectivity index (χ1n) is 15.2. The van der Waals surface area contributed by atoms with Gasteiger partial charge in [0.1, 0.15) is 6.10 Å². The molecule has 0 bridgehead atoms. The Balaban J connectivity index is 1.54. The number of aliphatic hydroxyl groups excluding tert-OH is 1. The SMILES string of the molecule is CC(=O)O[C@@H]1C[C@@H]2[C@@H]([C@@]3(C)CC[C@@H](C(C)(C)O)O3)CC[C@@]2(C)[C@]2(C)CC[C@@H]3C(C)(C)[C@@H](O)CC[C@]3(C)[C@H]12. The summed E-state index contributed by atoms with van der Waals surface area (Å²) < 4.78 is 13.1. The van der Waals surface area contributed by atoms with Crippen molar-refractivity contribution in [3.8, 4) is 0 Å². The Labute approximate surface area is 225 Å². The van der Waals surface area contributed by atoms with Crippen LogP contribution in [0.15, 0.2) is 0 Å². The number of esters is 1. The molecule has 1 saturated heterocycles. The van der Waals surface area contributed by atoms with Gasteiger partial charge in [0.05, 0.1) is 23.4 Å². The fourth-order valence-corrected chi connectivity index (χ4v) is 11.4. The topological polar surface area (TPSA) is 76.0 Å². The zero-order valence-corrected chi connectivity index (χ0v) is 25.0. The van der Waals surface area contributed by atoms with Crippen LogP contribution in [0, 0.1) is 45.3 Å². The highest BCUT2D eigenvalue weighted by molar-refractivity contribution is 5.66. The van der Waals surface area contributed by atoms with Crippen molar-refractivity contribution >= 4 is 5.97 Å². The van der Waals surface area contributed by atoms with Crippen LogP contribution in [-0.4, -0.2) is 45.7 Å². The summed E-state index contributed by atoms with van der Waals surface area (Å²) in [5, 5.41) is 21.7. The molecule has 0 aromatic heterocycles. The first-order chi connectivity index (χ1) is 16.9. The van der Waals surface area contributed by atoms with Crippen molar-refractivity contribution in [3.63, 3.8) is 0 Å². The minimum atomic E-state index is -0.838. The standard InChI is InChI=1S/C32H54O5/c1-19(33)36-22-18-21-20(32(9)17-13-25(37-32)28(4,5)35)10-15-30(21,7)31(8)16-11-23-27(2,3)24(34)12-14-29(23,6)26(22)31/h20-26,34-35H,10-18H2,1-9H3/t20-,21+,22+,23+,24-,25-,26-,29-,30+,31+,32+/m0/s1. The van der Waals surface area contributed by atoms with Crippen molar-refractivity contribution in [3.05, 3.63) is 0 Å². The number of aliphatic hydroxyl groups is 2. The fraction of sp³-hybridized carbons (Fsp3) is 0.969. The van der Waals surface area contributed by atoms with Crippen LogP contribution in [0.4, 0.5) is 0 Å². The summed E-state index contributed by atoms with van der Waals surface area (Å²) in [6, 6.07) is 0. The first-order valence-corrected chi connectivity index (χ1v) is 15.2. The van der Waals surface area contributed by atoms with E-state index >= 15 is 0 Å². The Kier molecular flexibility index (Phi) is 6.35. The Morgan fingerprint density at radius 1 is 0.892 bits per heavy atom. The number of hydrogen-bond acceptors (Lipinski definition) is 5. The normalized spacial score (nSPS) is 53.2. The molecule has 0 radical (unpaired) electrons. The summed E-state index contributed by atoms with van der Waals surface area (Å²) in [7, 11) is 0. The molecule has 5 nitrogen and oxygen atoms in total. The molecular formula is C32H54O5. The predicted molar refractivity (Wildman–Crippen MR) is 145 cm³/mol. The summed E-state index contributed by atoms with van der Waals surface area (Å²) in [5.74, 6) is 1.36.